The minimum atomic E-state index is 0.138. The Morgan fingerprint density at radius 2 is 1.75 bits per heavy atom. The Labute approximate surface area is 150 Å². The van der Waals surface area contributed by atoms with Gasteiger partial charge in [0.15, 0.2) is 0 Å². The lowest BCUT2D eigenvalue weighted by atomic mass is 10.1. The molecule has 6 heteroatoms. The summed E-state index contributed by atoms with van der Waals surface area (Å²) in [6.45, 7) is 2.09. The molecule has 1 heterocycles. The predicted molar refractivity (Wildman–Crippen MR) is 100 cm³/mol. The summed E-state index contributed by atoms with van der Waals surface area (Å²) in [6, 6.07) is 17.5. The first-order chi connectivity index (χ1) is 11.6. The van der Waals surface area contributed by atoms with Crippen molar-refractivity contribution in [2.24, 2.45) is 0 Å². The van der Waals surface area contributed by atoms with Crippen molar-refractivity contribution in [3.05, 3.63) is 76.4 Å². The van der Waals surface area contributed by atoms with Crippen LogP contribution in [0, 0.1) is 0 Å². The van der Waals surface area contributed by atoms with Gasteiger partial charge in [0.25, 0.3) is 0 Å². The minimum Gasteiger partial charge on any atom is -0.363 e. The SMILES string of the molecule is CC(Nc1ccnc(Nc2ccc(Cl)c(Cl)c2)n1)c1ccccc1. The number of hydrogen-bond acceptors (Lipinski definition) is 4. The Hall–Kier alpha value is -2.30. The van der Waals surface area contributed by atoms with E-state index < -0.39 is 0 Å². The molecular formula is C18H16Cl2N4. The molecule has 0 radical (unpaired) electrons. The fraction of sp³-hybridized carbons (Fsp3) is 0.111. The van der Waals surface area contributed by atoms with Gasteiger partial charge in [-0.15, -0.1) is 0 Å². The molecule has 0 fully saturated rings. The van der Waals surface area contributed by atoms with Crippen molar-refractivity contribution in [2.75, 3.05) is 10.6 Å². The summed E-state index contributed by atoms with van der Waals surface area (Å²) < 4.78 is 0. The van der Waals surface area contributed by atoms with Crippen molar-refractivity contribution in [1.29, 1.82) is 0 Å². The monoisotopic (exact) mass is 358 g/mol. The fourth-order valence-electron chi connectivity index (χ4n) is 2.25. The van der Waals surface area contributed by atoms with Gasteiger partial charge in [0.05, 0.1) is 10.0 Å². The zero-order chi connectivity index (χ0) is 16.9. The zero-order valence-electron chi connectivity index (χ0n) is 13.0. The summed E-state index contributed by atoms with van der Waals surface area (Å²) in [6.07, 6.45) is 1.70. The second-order valence-electron chi connectivity index (χ2n) is 5.30. The molecule has 4 nitrogen and oxygen atoms in total. The van der Waals surface area contributed by atoms with Crippen molar-refractivity contribution in [1.82, 2.24) is 9.97 Å². The third-order valence-electron chi connectivity index (χ3n) is 3.50. The van der Waals surface area contributed by atoms with Gasteiger partial charge in [-0.3, -0.25) is 0 Å². The maximum Gasteiger partial charge on any atom is 0.229 e. The van der Waals surface area contributed by atoms with E-state index in [-0.39, 0.29) is 6.04 Å². The highest BCUT2D eigenvalue weighted by molar-refractivity contribution is 6.42. The molecule has 0 aliphatic heterocycles. The standard InChI is InChI=1S/C18H16Cl2N4/c1-12(13-5-3-2-4-6-13)22-17-9-10-21-18(24-17)23-14-7-8-15(19)16(20)11-14/h2-12H,1H3,(H2,21,22,23,24). The number of nitrogens with one attached hydrogen (secondary N) is 2. The van der Waals surface area contributed by atoms with Crippen LogP contribution in [0.4, 0.5) is 17.5 Å². The van der Waals surface area contributed by atoms with Crippen LogP contribution in [0.5, 0.6) is 0 Å². The molecule has 0 bridgehead atoms. The number of benzene rings is 2. The molecule has 1 atom stereocenters. The number of halogens is 2. The molecule has 3 rings (SSSR count). The first-order valence-corrected chi connectivity index (χ1v) is 8.24. The lowest BCUT2D eigenvalue weighted by Gasteiger charge is -2.15. The lowest BCUT2D eigenvalue weighted by molar-refractivity contribution is 0.873. The van der Waals surface area contributed by atoms with Gasteiger partial charge in [0, 0.05) is 17.9 Å². The van der Waals surface area contributed by atoms with Gasteiger partial charge in [-0.1, -0.05) is 53.5 Å². The van der Waals surface area contributed by atoms with Crippen LogP contribution in [0.25, 0.3) is 0 Å². The van der Waals surface area contributed by atoms with Crippen molar-refractivity contribution < 1.29 is 0 Å². The maximum absolute atomic E-state index is 6.02. The Balaban J connectivity index is 1.73. The van der Waals surface area contributed by atoms with E-state index in [0.717, 1.165) is 11.5 Å². The van der Waals surface area contributed by atoms with E-state index in [9.17, 15) is 0 Å². The number of anilines is 3. The maximum atomic E-state index is 6.02. The minimum absolute atomic E-state index is 0.138. The summed E-state index contributed by atoms with van der Waals surface area (Å²) in [5.41, 5.74) is 1.97. The molecule has 0 aliphatic rings. The van der Waals surface area contributed by atoms with Crippen molar-refractivity contribution in [2.45, 2.75) is 13.0 Å². The third-order valence-corrected chi connectivity index (χ3v) is 4.23. The zero-order valence-corrected chi connectivity index (χ0v) is 14.5. The average Bonchev–Trinajstić information content (AvgIpc) is 2.59. The van der Waals surface area contributed by atoms with Gasteiger partial charge < -0.3 is 10.6 Å². The normalized spacial score (nSPS) is 11.8. The molecule has 2 aromatic carbocycles. The summed E-state index contributed by atoms with van der Waals surface area (Å²) >= 11 is 11.9. The molecule has 3 aromatic rings. The van der Waals surface area contributed by atoms with Gasteiger partial charge in [-0.05, 0) is 36.8 Å². The van der Waals surface area contributed by atoms with Crippen molar-refractivity contribution in [3.8, 4) is 0 Å². The number of aromatic nitrogens is 2. The van der Waals surface area contributed by atoms with Gasteiger partial charge in [-0.25, -0.2) is 4.98 Å². The van der Waals surface area contributed by atoms with Crippen LogP contribution in [0.2, 0.25) is 10.0 Å². The topological polar surface area (TPSA) is 49.8 Å². The summed E-state index contributed by atoms with van der Waals surface area (Å²) in [5.74, 6) is 1.22. The van der Waals surface area contributed by atoms with Crippen LogP contribution in [0.3, 0.4) is 0 Å². The van der Waals surface area contributed by atoms with Crippen molar-refractivity contribution in [3.63, 3.8) is 0 Å². The first-order valence-electron chi connectivity index (χ1n) is 7.48. The van der Waals surface area contributed by atoms with Crippen LogP contribution in [0.15, 0.2) is 60.8 Å². The summed E-state index contributed by atoms with van der Waals surface area (Å²) in [5, 5.41) is 7.48. The highest BCUT2D eigenvalue weighted by Gasteiger charge is 2.07. The molecule has 2 N–H and O–H groups in total. The van der Waals surface area contributed by atoms with Gasteiger partial charge in [0.1, 0.15) is 5.82 Å². The van der Waals surface area contributed by atoms with Gasteiger partial charge in [-0.2, -0.15) is 4.98 Å². The van der Waals surface area contributed by atoms with Gasteiger partial charge in [0.2, 0.25) is 5.95 Å². The van der Waals surface area contributed by atoms with Crippen LogP contribution in [-0.4, -0.2) is 9.97 Å². The Morgan fingerprint density at radius 1 is 0.958 bits per heavy atom. The first kappa shape index (κ1) is 16.6. The Kier molecular flexibility index (Phi) is 5.18. The molecule has 0 aliphatic carbocycles. The molecule has 1 aromatic heterocycles. The highest BCUT2D eigenvalue weighted by Crippen LogP contribution is 2.26. The molecule has 0 saturated carbocycles. The van der Waals surface area contributed by atoms with E-state index in [0.29, 0.717) is 16.0 Å². The van der Waals surface area contributed by atoms with E-state index in [2.05, 4.69) is 39.7 Å². The molecule has 0 saturated heterocycles. The lowest BCUT2D eigenvalue weighted by Crippen LogP contribution is -2.09. The van der Waals surface area contributed by atoms with Gasteiger partial charge >= 0.3 is 0 Å². The fourth-order valence-corrected chi connectivity index (χ4v) is 2.55. The van der Waals surface area contributed by atoms with Crippen LogP contribution >= 0.6 is 23.2 Å². The number of nitrogens with zero attached hydrogens (tertiary/aromatic N) is 2. The van der Waals surface area contributed by atoms with E-state index in [1.807, 2.05) is 30.3 Å². The molecule has 24 heavy (non-hydrogen) atoms. The molecule has 122 valence electrons. The Bertz CT molecular complexity index is 824. The second-order valence-corrected chi connectivity index (χ2v) is 6.11. The second kappa shape index (κ2) is 7.51. The largest absolute Gasteiger partial charge is 0.363 e. The third kappa shape index (κ3) is 4.16. The summed E-state index contributed by atoms with van der Waals surface area (Å²) in [7, 11) is 0. The number of rotatable bonds is 5. The average molecular weight is 359 g/mol. The predicted octanol–water partition coefficient (Wildman–Crippen LogP) is 5.70. The van der Waals surface area contributed by atoms with Crippen LogP contribution in [0.1, 0.15) is 18.5 Å². The quantitative estimate of drug-likeness (QED) is 0.614. The number of hydrogen-bond donors (Lipinski definition) is 2. The molecule has 0 amide bonds. The Morgan fingerprint density at radius 3 is 2.50 bits per heavy atom. The molecule has 0 spiro atoms. The van der Waals surface area contributed by atoms with Crippen LogP contribution in [-0.2, 0) is 0 Å². The van der Waals surface area contributed by atoms with E-state index in [1.165, 1.54) is 5.56 Å². The summed E-state index contributed by atoms with van der Waals surface area (Å²) in [4.78, 5) is 8.70. The van der Waals surface area contributed by atoms with E-state index in [1.54, 1.807) is 18.3 Å². The molecule has 1 unspecified atom stereocenters. The van der Waals surface area contributed by atoms with Crippen molar-refractivity contribution >= 4 is 40.7 Å². The highest BCUT2D eigenvalue weighted by atomic mass is 35.5. The van der Waals surface area contributed by atoms with E-state index in [4.69, 9.17) is 23.2 Å². The van der Waals surface area contributed by atoms with Crippen LogP contribution < -0.4 is 10.6 Å². The molecular weight excluding hydrogens is 343 g/mol. The smallest absolute Gasteiger partial charge is 0.229 e. The van der Waals surface area contributed by atoms with E-state index >= 15 is 0 Å².